The van der Waals surface area contributed by atoms with Gasteiger partial charge in [0, 0.05) is 12.2 Å². The van der Waals surface area contributed by atoms with Gasteiger partial charge in [0.05, 0.1) is 26.4 Å². The first kappa shape index (κ1) is 38.7. The highest BCUT2D eigenvalue weighted by molar-refractivity contribution is 5.81. The van der Waals surface area contributed by atoms with Gasteiger partial charge in [-0.25, -0.2) is 9.59 Å². The lowest BCUT2D eigenvalue weighted by Crippen LogP contribution is -2.03. The third kappa shape index (κ3) is 14.9. The van der Waals surface area contributed by atoms with E-state index in [-0.39, 0.29) is 11.9 Å². The normalized spacial score (nSPS) is 10.6. The van der Waals surface area contributed by atoms with Gasteiger partial charge in [-0.1, -0.05) is 25.3 Å². The van der Waals surface area contributed by atoms with Crippen molar-refractivity contribution in [2.45, 2.75) is 85.4 Å². The van der Waals surface area contributed by atoms with Gasteiger partial charge in [-0.05, 0) is 142 Å². The molecule has 0 heterocycles. The lowest BCUT2D eigenvalue weighted by molar-refractivity contribution is -0.138. The summed E-state index contributed by atoms with van der Waals surface area (Å²) in [7, 11) is 0. The first-order chi connectivity index (χ1) is 23.8. The lowest BCUT2D eigenvalue weighted by atomic mass is 10.1. The van der Waals surface area contributed by atoms with Gasteiger partial charge in [0.15, 0.2) is 0 Å². The topological polar surface area (TPSA) is 89.5 Å². The third-order valence-electron chi connectivity index (χ3n) is 7.99. The van der Waals surface area contributed by atoms with Crippen molar-refractivity contribution in [3.8, 4) is 23.0 Å². The summed E-state index contributed by atoms with van der Waals surface area (Å²) >= 11 is 0. The summed E-state index contributed by atoms with van der Waals surface area (Å²) in [5.41, 5.74) is 5.45. The molecule has 8 nitrogen and oxygen atoms in total. The van der Waals surface area contributed by atoms with E-state index in [4.69, 9.17) is 28.4 Å². The minimum absolute atomic E-state index is 0.370. The molecule has 0 aromatic heterocycles. The summed E-state index contributed by atoms with van der Waals surface area (Å²) in [5, 5.41) is 0. The fourth-order valence-electron chi connectivity index (χ4n) is 4.99. The molecule has 0 aliphatic heterocycles. The zero-order chi connectivity index (χ0) is 35.3. The van der Waals surface area contributed by atoms with Crippen molar-refractivity contribution in [3.63, 3.8) is 0 Å². The van der Waals surface area contributed by atoms with Gasteiger partial charge in [0.2, 0.25) is 0 Å². The highest BCUT2D eigenvalue weighted by Gasteiger charge is 2.08. The number of carbonyl (C=O) groups is 2. The minimum atomic E-state index is -0.370. The van der Waals surface area contributed by atoms with E-state index < -0.39 is 0 Å². The second-order valence-electron chi connectivity index (χ2n) is 11.9. The maximum Gasteiger partial charge on any atom is 0.330 e. The molecule has 0 atom stereocenters. The van der Waals surface area contributed by atoms with Crippen LogP contribution in [-0.2, 0) is 32.3 Å². The molecule has 0 unspecified atom stereocenters. The van der Waals surface area contributed by atoms with Crippen molar-refractivity contribution in [2.75, 3.05) is 26.4 Å². The number of hydrogen-bond donors (Lipinski definition) is 0. The number of carbonyl (C=O) groups excluding carboxylic acids is 2. The van der Waals surface area contributed by atoms with Crippen LogP contribution < -0.4 is 18.9 Å². The summed E-state index contributed by atoms with van der Waals surface area (Å²) in [6.45, 7) is 16.0. The number of ether oxygens (including phenoxy) is 6. The molecule has 3 rings (SSSR count). The van der Waals surface area contributed by atoms with Crippen LogP contribution in [0.25, 0.3) is 0 Å². The van der Waals surface area contributed by atoms with Crippen LogP contribution in [0, 0.1) is 20.8 Å². The Morgan fingerprint density at radius 1 is 0.510 bits per heavy atom. The van der Waals surface area contributed by atoms with Gasteiger partial charge in [-0.3, -0.25) is 0 Å². The molecule has 49 heavy (non-hydrogen) atoms. The molecule has 0 aliphatic carbocycles. The largest absolute Gasteiger partial charge is 0.494 e. The molecule has 0 bridgehead atoms. The Labute approximate surface area is 292 Å². The predicted octanol–water partition coefficient (Wildman–Crippen LogP) is 9.11. The summed E-state index contributed by atoms with van der Waals surface area (Å²) in [4.78, 5) is 22.1. The number of benzene rings is 3. The zero-order valence-corrected chi connectivity index (χ0v) is 29.4. The number of rotatable bonds is 24. The van der Waals surface area contributed by atoms with Crippen LogP contribution in [0.1, 0.15) is 79.2 Å². The van der Waals surface area contributed by atoms with Crippen LogP contribution in [0.4, 0.5) is 0 Å². The van der Waals surface area contributed by atoms with E-state index >= 15 is 0 Å². The molecule has 0 saturated carbocycles. The van der Waals surface area contributed by atoms with E-state index in [0.717, 1.165) is 102 Å². The Morgan fingerprint density at radius 3 is 1.37 bits per heavy atom. The zero-order valence-electron chi connectivity index (χ0n) is 29.4. The molecule has 0 aliphatic rings. The van der Waals surface area contributed by atoms with Crippen molar-refractivity contribution < 1.29 is 38.0 Å². The number of aryl methyl sites for hydroxylation is 3. The number of hydrogen-bond acceptors (Lipinski definition) is 8. The van der Waals surface area contributed by atoms with Crippen molar-refractivity contribution in [3.05, 3.63) is 108 Å². The van der Waals surface area contributed by atoms with E-state index in [1.807, 2.05) is 43.3 Å². The Balaban J connectivity index is 1.34. The van der Waals surface area contributed by atoms with Crippen LogP contribution in [0.15, 0.2) is 79.9 Å². The third-order valence-corrected chi connectivity index (χ3v) is 7.99. The van der Waals surface area contributed by atoms with E-state index in [1.54, 1.807) is 0 Å². The molecule has 0 saturated heterocycles. The summed E-state index contributed by atoms with van der Waals surface area (Å²) in [6.07, 6.45) is 9.97. The van der Waals surface area contributed by atoms with Crippen LogP contribution in [-0.4, -0.2) is 38.4 Å². The SMILES string of the molecule is C=CC(=O)OCCCCCCOc1ccc(COc2ccc(OCc3ccc(OCCCCCCOC(=O)C=C)cc3C)c(C)c2)c(C)c1. The smallest absolute Gasteiger partial charge is 0.330 e. The predicted molar refractivity (Wildman–Crippen MR) is 192 cm³/mol. The molecular formula is C41H52O8. The average molecular weight is 673 g/mol. The second kappa shape index (κ2) is 22.0. The van der Waals surface area contributed by atoms with E-state index in [9.17, 15) is 9.59 Å². The first-order valence-electron chi connectivity index (χ1n) is 17.2. The Kier molecular flexibility index (Phi) is 17.4. The van der Waals surface area contributed by atoms with E-state index in [1.165, 1.54) is 12.2 Å². The molecular weight excluding hydrogens is 620 g/mol. The van der Waals surface area contributed by atoms with Crippen LogP contribution >= 0.6 is 0 Å². The lowest BCUT2D eigenvalue weighted by Gasteiger charge is -2.15. The highest BCUT2D eigenvalue weighted by Crippen LogP contribution is 2.27. The summed E-state index contributed by atoms with van der Waals surface area (Å²) < 4.78 is 34.1. The van der Waals surface area contributed by atoms with E-state index in [2.05, 4.69) is 45.2 Å². The Bertz CT molecular complexity index is 1490. The molecule has 8 heteroatoms. The van der Waals surface area contributed by atoms with Crippen molar-refractivity contribution in [1.29, 1.82) is 0 Å². The first-order valence-corrected chi connectivity index (χ1v) is 17.2. The molecule has 0 N–H and O–H groups in total. The quantitative estimate of drug-likeness (QED) is 0.0529. The van der Waals surface area contributed by atoms with Crippen molar-refractivity contribution >= 4 is 11.9 Å². The maximum absolute atomic E-state index is 11.1. The van der Waals surface area contributed by atoms with Gasteiger partial charge in [-0.2, -0.15) is 0 Å². The fourth-order valence-corrected chi connectivity index (χ4v) is 4.99. The van der Waals surface area contributed by atoms with E-state index in [0.29, 0.717) is 39.6 Å². The van der Waals surface area contributed by atoms with Crippen molar-refractivity contribution in [2.24, 2.45) is 0 Å². The molecule has 264 valence electrons. The average Bonchev–Trinajstić information content (AvgIpc) is 3.10. The molecule has 3 aromatic rings. The van der Waals surface area contributed by atoms with Gasteiger partial charge < -0.3 is 28.4 Å². The standard InChI is InChI=1S/C41H52O8/c1-6-40(42)46-24-14-10-8-12-22-44-36-18-16-34(31(3)26-36)29-48-38-20-21-39(33(5)28-38)49-30-35-17-19-37(27-32(35)4)45-23-13-9-11-15-25-47-41(43)7-2/h6-7,16-21,26-28H,1-2,8-15,22-25,29-30H2,3-5H3. The van der Waals surface area contributed by atoms with Gasteiger partial charge >= 0.3 is 11.9 Å². The molecule has 0 spiro atoms. The second-order valence-corrected chi connectivity index (χ2v) is 11.9. The summed E-state index contributed by atoms with van der Waals surface area (Å²) in [5.74, 6) is 2.57. The van der Waals surface area contributed by atoms with Crippen LogP contribution in [0.5, 0.6) is 23.0 Å². The monoisotopic (exact) mass is 672 g/mol. The number of unbranched alkanes of at least 4 members (excludes halogenated alkanes) is 6. The molecule has 0 amide bonds. The highest BCUT2D eigenvalue weighted by atomic mass is 16.5. The number of esters is 2. The Morgan fingerprint density at radius 2 is 0.918 bits per heavy atom. The van der Waals surface area contributed by atoms with Crippen molar-refractivity contribution in [1.82, 2.24) is 0 Å². The van der Waals surface area contributed by atoms with Gasteiger partial charge in [0.1, 0.15) is 36.2 Å². The maximum atomic E-state index is 11.1. The van der Waals surface area contributed by atoms with Crippen LogP contribution in [0.3, 0.4) is 0 Å². The van der Waals surface area contributed by atoms with Gasteiger partial charge in [0.25, 0.3) is 0 Å². The summed E-state index contributed by atoms with van der Waals surface area (Å²) in [6, 6.07) is 18.1. The Hall–Kier alpha value is -4.72. The minimum Gasteiger partial charge on any atom is -0.494 e. The fraction of sp³-hybridized carbons (Fsp3) is 0.415. The van der Waals surface area contributed by atoms with Crippen LogP contribution in [0.2, 0.25) is 0 Å². The van der Waals surface area contributed by atoms with Gasteiger partial charge in [-0.15, -0.1) is 0 Å². The molecule has 0 fully saturated rings. The molecule has 3 aromatic carbocycles. The molecule has 0 radical (unpaired) electrons.